The third kappa shape index (κ3) is 6.21. The quantitative estimate of drug-likeness (QED) is 0.532. The van der Waals surface area contributed by atoms with Crippen molar-refractivity contribution in [1.29, 1.82) is 0 Å². The van der Waals surface area contributed by atoms with Crippen LogP contribution in [0.5, 0.6) is 23.0 Å². The van der Waals surface area contributed by atoms with Crippen LogP contribution in [0.1, 0.15) is 44.3 Å². The third-order valence-electron chi connectivity index (χ3n) is 6.71. The summed E-state index contributed by atoms with van der Waals surface area (Å²) in [5.41, 5.74) is 0.753. The molecule has 1 N–H and O–H groups in total. The number of methoxy groups -OCH3 is 1. The largest absolute Gasteiger partial charge is 0.497 e. The zero-order valence-corrected chi connectivity index (χ0v) is 20.1. The molecule has 7 nitrogen and oxygen atoms in total. The van der Waals surface area contributed by atoms with E-state index < -0.39 is 6.10 Å². The van der Waals surface area contributed by atoms with Gasteiger partial charge in [0, 0.05) is 31.3 Å². The number of likely N-dealkylation sites (tertiary alicyclic amines) is 1. The Morgan fingerprint density at radius 2 is 1.85 bits per heavy atom. The molecular formula is C27H35NO6. The molecule has 2 aliphatic heterocycles. The lowest BCUT2D eigenvalue weighted by atomic mass is 9.89. The number of fused-ring (bicyclic) bond motifs is 1. The predicted octanol–water partition coefficient (Wildman–Crippen LogP) is 4.03. The molecule has 0 aromatic heterocycles. The number of aliphatic hydroxyl groups excluding tert-OH is 1. The molecular weight excluding hydrogens is 434 g/mol. The number of nitrogens with zero attached hydrogens (tertiary/aromatic N) is 1. The van der Waals surface area contributed by atoms with Crippen molar-refractivity contribution >= 4 is 5.78 Å². The van der Waals surface area contributed by atoms with Crippen molar-refractivity contribution in [1.82, 2.24) is 4.90 Å². The van der Waals surface area contributed by atoms with Crippen molar-refractivity contribution in [3.63, 3.8) is 0 Å². The number of carbonyl (C=O) groups is 1. The Kier molecular flexibility index (Phi) is 8.29. The first kappa shape index (κ1) is 24.4. The van der Waals surface area contributed by atoms with Gasteiger partial charge >= 0.3 is 0 Å². The molecule has 7 heteroatoms. The van der Waals surface area contributed by atoms with Crippen molar-refractivity contribution in [2.24, 2.45) is 5.92 Å². The summed E-state index contributed by atoms with van der Waals surface area (Å²) in [4.78, 5) is 15.3. The lowest BCUT2D eigenvalue weighted by Crippen LogP contribution is -2.35. The Morgan fingerprint density at radius 3 is 2.56 bits per heavy atom. The summed E-state index contributed by atoms with van der Waals surface area (Å²) in [6, 6.07) is 13.3. The zero-order chi connectivity index (χ0) is 23.9. The topological polar surface area (TPSA) is 77.5 Å². The highest BCUT2D eigenvalue weighted by atomic mass is 16.6. The first-order chi connectivity index (χ1) is 16.5. The van der Waals surface area contributed by atoms with E-state index in [1.54, 1.807) is 7.11 Å². The highest BCUT2D eigenvalue weighted by Crippen LogP contribution is 2.36. The standard InChI is InChI=1S/C27H35NO6/c1-19-4-3-12-28(19)18-21(27(30)20-5-10-25-26(17-20)34-15-14-33-25)16-22(29)11-13-32-24-8-6-23(31-2)7-9-24/h5-10,17,19,21,27,30H,3-4,11-16,18H2,1-2H3/t19-,21+,27?/m0/s1. The number of ether oxygens (including phenoxy) is 4. The second-order valence-electron chi connectivity index (χ2n) is 9.11. The number of rotatable bonds is 11. The van der Waals surface area contributed by atoms with E-state index in [4.69, 9.17) is 18.9 Å². The lowest BCUT2D eigenvalue weighted by molar-refractivity contribution is -0.121. The van der Waals surface area contributed by atoms with Crippen LogP contribution >= 0.6 is 0 Å². The lowest BCUT2D eigenvalue weighted by Gasteiger charge is -2.30. The maximum Gasteiger partial charge on any atom is 0.161 e. The molecule has 2 aromatic carbocycles. The summed E-state index contributed by atoms with van der Waals surface area (Å²) in [6.07, 6.45) is 2.13. The number of hydrogen-bond donors (Lipinski definition) is 1. The van der Waals surface area contributed by atoms with E-state index in [0.717, 1.165) is 30.7 Å². The summed E-state index contributed by atoms with van der Waals surface area (Å²) in [5, 5.41) is 11.3. The van der Waals surface area contributed by atoms with E-state index in [9.17, 15) is 9.90 Å². The maximum absolute atomic E-state index is 12.9. The zero-order valence-electron chi connectivity index (χ0n) is 20.1. The minimum absolute atomic E-state index is 0.0851. The molecule has 0 spiro atoms. The molecule has 2 aliphatic rings. The van der Waals surface area contributed by atoms with E-state index >= 15 is 0 Å². The first-order valence-corrected chi connectivity index (χ1v) is 12.1. The molecule has 0 aliphatic carbocycles. The van der Waals surface area contributed by atoms with Crippen LogP contribution < -0.4 is 18.9 Å². The van der Waals surface area contributed by atoms with Gasteiger partial charge in [0.05, 0.1) is 19.8 Å². The van der Waals surface area contributed by atoms with Crippen LogP contribution in [0.4, 0.5) is 0 Å². The highest BCUT2D eigenvalue weighted by molar-refractivity contribution is 5.78. The van der Waals surface area contributed by atoms with Crippen LogP contribution in [0.3, 0.4) is 0 Å². The summed E-state index contributed by atoms with van der Waals surface area (Å²) in [5.74, 6) is 2.68. The Morgan fingerprint density at radius 1 is 1.12 bits per heavy atom. The Hall–Kier alpha value is -2.77. The van der Waals surface area contributed by atoms with Crippen LogP contribution in [0, 0.1) is 5.92 Å². The smallest absolute Gasteiger partial charge is 0.161 e. The van der Waals surface area contributed by atoms with Crippen molar-refractivity contribution in [2.45, 2.75) is 44.8 Å². The minimum Gasteiger partial charge on any atom is -0.497 e. The van der Waals surface area contributed by atoms with Crippen molar-refractivity contribution in [3.05, 3.63) is 48.0 Å². The summed E-state index contributed by atoms with van der Waals surface area (Å²) in [6.45, 7) is 5.22. The average Bonchev–Trinajstić information content (AvgIpc) is 3.27. The van der Waals surface area contributed by atoms with Gasteiger partial charge < -0.3 is 29.0 Å². The van der Waals surface area contributed by atoms with Gasteiger partial charge in [-0.15, -0.1) is 0 Å². The fourth-order valence-corrected chi connectivity index (χ4v) is 4.71. The van der Waals surface area contributed by atoms with Crippen molar-refractivity contribution in [2.75, 3.05) is 40.0 Å². The number of benzene rings is 2. The second-order valence-corrected chi connectivity index (χ2v) is 9.11. The van der Waals surface area contributed by atoms with E-state index in [1.165, 1.54) is 0 Å². The molecule has 0 bridgehead atoms. The van der Waals surface area contributed by atoms with Gasteiger partial charge in [-0.25, -0.2) is 0 Å². The number of aliphatic hydroxyl groups is 1. The Bertz CT molecular complexity index is 947. The molecule has 184 valence electrons. The molecule has 4 rings (SSSR count). The van der Waals surface area contributed by atoms with Crippen molar-refractivity contribution < 1.29 is 28.8 Å². The van der Waals surface area contributed by atoms with Gasteiger partial charge in [0.15, 0.2) is 11.5 Å². The average molecular weight is 470 g/mol. The molecule has 1 unspecified atom stereocenters. The maximum atomic E-state index is 12.9. The Labute approximate surface area is 201 Å². The molecule has 2 aromatic rings. The number of Topliss-reactive ketones (excluding diaryl/α,β-unsaturated/α-hetero) is 1. The van der Waals surface area contributed by atoms with Crippen LogP contribution in [0.15, 0.2) is 42.5 Å². The number of carbonyl (C=O) groups excluding carboxylic acids is 1. The van der Waals surface area contributed by atoms with E-state index in [-0.39, 0.29) is 11.7 Å². The Balaban J connectivity index is 1.38. The molecule has 2 heterocycles. The number of ketones is 1. The summed E-state index contributed by atoms with van der Waals surface area (Å²) in [7, 11) is 1.62. The molecule has 34 heavy (non-hydrogen) atoms. The minimum atomic E-state index is -0.768. The fourth-order valence-electron chi connectivity index (χ4n) is 4.71. The van der Waals surface area contributed by atoms with E-state index in [1.807, 2.05) is 42.5 Å². The first-order valence-electron chi connectivity index (χ1n) is 12.1. The number of hydrogen-bond acceptors (Lipinski definition) is 7. The summed E-state index contributed by atoms with van der Waals surface area (Å²) < 4.78 is 22.2. The van der Waals surface area contributed by atoms with Crippen LogP contribution in [0.2, 0.25) is 0 Å². The molecule has 3 atom stereocenters. The molecule has 0 radical (unpaired) electrons. The predicted molar refractivity (Wildman–Crippen MR) is 129 cm³/mol. The molecule has 0 amide bonds. The van der Waals surface area contributed by atoms with Gasteiger partial charge in [-0.1, -0.05) is 6.07 Å². The highest BCUT2D eigenvalue weighted by Gasteiger charge is 2.30. The molecule has 0 saturated carbocycles. The van der Waals surface area contributed by atoms with Gasteiger partial charge in [0.1, 0.15) is 30.5 Å². The van der Waals surface area contributed by atoms with Gasteiger partial charge in [-0.3, -0.25) is 4.79 Å². The van der Waals surface area contributed by atoms with Gasteiger partial charge in [0.25, 0.3) is 0 Å². The van der Waals surface area contributed by atoms with Gasteiger partial charge in [-0.05, 0) is 68.3 Å². The van der Waals surface area contributed by atoms with Crippen LogP contribution in [-0.2, 0) is 4.79 Å². The molecule has 1 saturated heterocycles. The van der Waals surface area contributed by atoms with E-state index in [2.05, 4.69) is 11.8 Å². The second kappa shape index (κ2) is 11.6. The molecule has 1 fully saturated rings. The van der Waals surface area contributed by atoms with Crippen LogP contribution in [-0.4, -0.2) is 61.9 Å². The van der Waals surface area contributed by atoms with Crippen molar-refractivity contribution in [3.8, 4) is 23.0 Å². The van der Waals surface area contributed by atoms with Gasteiger partial charge in [0.2, 0.25) is 0 Å². The fraction of sp³-hybridized carbons (Fsp3) is 0.519. The third-order valence-corrected chi connectivity index (χ3v) is 6.71. The van der Waals surface area contributed by atoms with Crippen LogP contribution in [0.25, 0.3) is 0 Å². The summed E-state index contributed by atoms with van der Waals surface area (Å²) >= 11 is 0. The van der Waals surface area contributed by atoms with Gasteiger partial charge in [-0.2, -0.15) is 0 Å². The van der Waals surface area contributed by atoms with E-state index in [0.29, 0.717) is 62.5 Å². The monoisotopic (exact) mass is 469 g/mol. The SMILES string of the molecule is COc1ccc(OCCC(=O)C[C@H](CN2CCC[C@@H]2C)C(O)c2ccc3c(c2)OCCO3)cc1. The normalized spacial score (nSPS) is 19.4.